The van der Waals surface area contributed by atoms with Crippen molar-refractivity contribution in [2.24, 2.45) is 5.41 Å². The molecule has 2 aromatic rings. The lowest BCUT2D eigenvalue weighted by Gasteiger charge is -2.41. The first kappa shape index (κ1) is 25.7. The first-order valence-electron chi connectivity index (χ1n) is 15.0. The second-order valence-corrected chi connectivity index (χ2v) is 12.0. The largest absolute Gasteiger partial charge is 0.379 e. The highest BCUT2D eigenvalue weighted by molar-refractivity contribution is 6.14. The topological polar surface area (TPSA) is 103 Å². The lowest BCUT2D eigenvalue weighted by molar-refractivity contribution is -0.140. The fraction of sp³-hybridized carbons (Fsp3) is 0.600. The van der Waals surface area contributed by atoms with Crippen molar-refractivity contribution in [3.05, 3.63) is 36.0 Å². The first-order valence-corrected chi connectivity index (χ1v) is 15.0. The Morgan fingerprint density at radius 2 is 1.70 bits per heavy atom. The van der Waals surface area contributed by atoms with Crippen molar-refractivity contribution in [3.8, 4) is 0 Å². The summed E-state index contributed by atoms with van der Waals surface area (Å²) in [5.41, 5.74) is 2.01. The molecule has 3 saturated heterocycles. The number of rotatable bonds is 5. The van der Waals surface area contributed by atoms with Crippen molar-refractivity contribution >= 4 is 35.0 Å². The van der Waals surface area contributed by atoms with E-state index in [9.17, 15) is 9.59 Å². The number of ether oxygens (including phenoxy) is 1. The molecule has 10 heteroatoms. The Labute approximate surface area is 235 Å². The summed E-state index contributed by atoms with van der Waals surface area (Å²) in [6.07, 6.45) is 9.15. The molecule has 5 aliphatic rings. The molecule has 0 unspecified atom stereocenters. The molecule has 1 spiro atoms. The van der Waals surface area contributed by atoms with E-state index in [0.717, 1.165) is 76.3 Å². The number of piperidine rings is 1. The summed E-state index contributed by atoms with van der Waals surface area (Å²) in [5, 5.41) is 6.25. The van der Waals surface area contributed by atoms with Crippen molar-refractivity contribution in [3.63, 3.8) is 0 Å². The molecule has 1 aromatic carbocycles. The summed E-state index contributed by atoms with van der Waals surface area (Å²) in [7, 11) is 0. The molecule has 1 aliphatic carbocycles. The maximum absolute atomic E-state index is 13.8. The van der Waals surface area contributed by atoms with Gasteiger partial charge in [-0.05, 0) is 56.4 Å². The van der Waals surface area contributed by atoms with Crippen LogP contribution in [-0.2, 0) is 20.7 Å². The van der Waals surface area contributed by atoms with E-state index in [1.54, 1.807) is 6.20 Å². The van der Waals surface area contributed by atoms with Gasteiger partial charge in [-0.25, -0.2) is 4.98 Å². The number of nitrogens with zero attached hydrogens (tertiary/aromatic N) is 5. The third-order valence-electron chi connectivity index (χ3n) is 9.67. The molecule has 1 atom stereocenters. The Kier molecular flexibility index (Phi) is 6.83. The average Bonchev–Trinajstić information content (AvgIpc) is 3.66. The molecule has 2 N–H and O–H groups in total. The summed E-state index contributed by atoms with van der Waals surface area (Å²) in [4.78, 5) is 43.1. The molecular formula is C30H39N7O3. The highest BCUT2D eigenvalue weighted by atomic mass is 16.5. The predicted molar refractivity (Wildman–Crippen MR) is 153 cm³/mol. The fourth-order valence-corrected chi connectivity index (χ4v) is 7.38. The zero-order valence-corrected chi connectivity index (χ0v) is 23.1. The normalized spacial score (nSPS) is 26.4. The van der Waals surface area contributed by atoms with Gasteiger partial charge in [-0.15, -0.1) is 0 Å². The van der Waals surface area contributed by atoms with Crippen LogP contribution in [0.1, 0.15) is 50.5 Å². The third kappa shape index (κ3) is 4.60. The smallest absolute Gasteiger partial charge is 0.244 e. The van der Waals surface area contributed by atoms with Crippen LogP contribution in [0.15, 0.2) is 30.5 Å². The fourth-order valence-electron chi connectivity index (χ4n) is 7.38. The Bertz CT molecular complexity index is 1250. The summed E-state index contributed by atoms with van der Waals surface area (Å²) in [6.45, 7) is 6.49. The number of benzene rings is 1. The number of carbonyl (C=O) groups excluding carboxylic acids is 2. The molecule has 2 amide bonds. The molecule has 1 saturated carbocycles. The van der Waals surface area contributed by atoms with Gasteiger partial charge in [0.1, 0.15) is 11.2 Å². The predicted octanol–water partition coefficient (Wildman–Crippen LogP) is 2.86. The van der Waals surface area contributed by atoms with Crippen LogP contribution in [0.25, 0.3) is 0 Å². The van der Waals surface area contributed by atoms with Crippen LogP contribution in [0, 0.1) is 5.41 Å². The maximum Gasteiger partial charge on any atom is 0.244 e. The van der Waals surface area contributed by atoms with Crippen LogP contribution in [0.2, 0.25) is 0 Å². The van der Waals surface area contributed by atoms with E-state index >= 15 is 0 Å². The van der Waals surface area contributed by atoms with E-state index in [4.69, 9.17) is 9.72 Å². The number of fused-ring (bicyclic) bond motifs is 1. The van der Waals surface area contributed by atoms with Crippen LogP contribution in [0.4, 0.5) is 23.1 Å². The van der Waals surface area contributed by atoms with Crippen molar-refractivity contribution in [2.45, 2.75) is 63.5 Å². The number of hydrogen-bond acceptors (Lipinski definition) is 8. The van der Waals surface area contributed by atoms with Gasteiger partial charge in [-0.3, -0.25) is 19.4 Å². The van der Waals surface area contributed by atoms with Crippen LogP contribution in [-0.4, -0.2) is 84.7 Å². The van der Waals surface area contributed by atoms with E-state index in [2.05, 4.69) is 49.7 Å². The van der Waals surface area contributed by atoms with E-state index in [1.165, 1.54) is 18.5 Å². The SMILES string of the molecule is O=C1NCC[C@@]12Cc1cnc(Nc3ccc(N4CCC(N5CCOCC5)CC4)cc3)nc1N(C1CCCC1)C2=O. The number of amides is 2. The van der Waals surface area contributed by atoms with Gasteiger partial charge < -0.3 is 20.3 Å². The number of morpholine rings is 1. The Balaban J connectivity index is 1.05. The average molecular weight is 546 g/mol. The first-order chi connectivity index (χ1) is 19.6. The Hall–Kier alpha value is -3.24. The summed E-state index contributed by atoms with van der Waals surface area (Å²) >= 11 is 0. The summed E-state index contributed by atoms with van der Waals surface area (Å²) in [5.74, 6) is 0.895. The van der Waals surface area contributed by atoms with Gasteiger partial charge in [-0.1, -0.05) is 12.8 Å². The van der Waals surface area contributed by atoms with Gasteiger partial charge >= 0.3 is 0 Å². The molecule has 7 rings (SSSR count). The molecule has 40 heavy (non-hydrogen) atoms. The molecule has 5 heterocycles. The van der Waals surface area contributed by atoms with E-state index < -0.39 is 5.41 Å². The van der Waals surface area contributed by atoms with Gasteiger partial charge in [0, 0.05) is 74.4 Å². The van der Waals surface area contributed by atoms with Crippen molar-refractivity contribution in [1.29, 1.82) is 0 Å². The number of aromatic nitrogens is 2. The Morgan fingerprint density at radius 1 is 0.950 bits per heavy atom. The molecule has 212 valence electrons. The van der Waals surface area contributed by atoms with E-state index in [-0.39, 0.29) is 17.9 Å². The van der Waals surface area contributed by atoms with E-state index in [0.29, 0.717) is 37.2 Å². The quantitative estimate of drug-likeness (QED) is 0.553. The molecule has 1 aromatic heterocycles. The van der Waals surface area contributed by atoms with Crippen LogP contribution >= 0.6 is 0 Å². The van der Waals surface area contributed by atoms with Crippen molar-refractivity contribution < 1.29 is 14.3 Å². The van der Waals surface area contributed by atoms with E-state index in [1.807, 2.05) is 4.90 Å². The molecule has 0 bridgehead atoms. The van der Waals surface area contributed by atoms with Gasteiger partial charge in [0.25, 0.3) is 0 Å². The lowest BCUT2D eigenvalue weighted by Crippen LogP contribution is -2.56. The molecule has 4 fully saturated rings. The van der Waals surface area contributed by atoms with Crippen LogP contribution in [0.5, 0.6) is 0 Å². The zero-order chi connectivity index (χ0) is 27.1. The Morgan fingerprint density at radius 3 is 2.40 bits per heavy atom. The highest BCUT2D eigenvalue weighted by Crippen LogP contribution is 2.44. The standard InChI is InChI=1S/C30H39N7O3/c38-27-30(11-12-31-27)19-21-20-32-29(34-26(21)37(28(30)39)25-3-1-2-4-25)33-22-5-7-23(8-6-22)35-13-9-24(10-14-35)36-15-17-40-18-16-36/h5-8,20,24-25H,1-4,9-19H2,(H,31,38)(H,32,33,34)/t30-/m1/s1. The van der Waals surface area contributed by atoms with Crippen molar-refractivity contribution in [2.75, 3.05) is 61.1 Å². The van der Waals surface area contributed by atoms with Gasteiger partial charge in [-0.2, -0.15) is 4.98 Å². The van der Waals surface area contributed by atoms with Gasteiger partial charge in [0.05, 0.1) is 13.2 Å². The molecular weight excluding hydrogens is 506 g/mol. The zero-order valence-electron chi connectivity index (χ0n) is 23.1. The second-order valence-electron chi connectivity index (χ2n) is 12.0. The minimum Gasteiger partial charge on any atom is -0.379 e. The van der Waals surface area contributed by atoms with Crippen molar-refractivity contribution in [1.82, 2.24) is 20.2 Å². The van der Waals surface area contributed by atoms with Crippen LogP contribution < -0.4 is 20.4 Å². The second kappa shape index (κ2) is 10.6. The van der Waals surface area contributed by atoms with Crippen LogP contribution in [0.3, 0.4) is 0 Å². The van der Waals surface area contributed by atoms with Gasteiger partial charge in [0.2, 0.25) is 17.8 Å². The third-order valence-corrected chi connectivity index (χ3v) is 9.67. The maximum atomic E-state index is 13.8. The number of nitrogens with one attached hydrogen (secondary N) is 2. The monoisotopic (exact) mass is 545 g/mol. The van der Waals surface area contributed by atoms with Gasteiger partial charge in [0.15, 0.2) is 0 Å². The molecule has 4 aliphatic heterocycles. The molecule has 10 nitrogen and oxygen atoms in total. The number of carbonyl (C=O) groups is 2. The minimum atomic E-state index is -1.01. The summed E-state index contributed by atoms with van der Waals surface area (Å²) in [6, 6.07) is 9.22. The highest BCUT2D eigenvalue weighted by Gasteiger charge is 2.56. The summed E-state index contributed by atoms with van der Waals surface area (Å²) < 4.78 is 5.52. The number of hydrogen-bond donors (Lipinski definition) is 2. The minimum absolute atomic E-state index is 0.0891. The number of anilines is 4. The molecule has 0 radical (unpaired) electrons. The lowest BCUT2D eigenvalue weighted by atomic mass is 9.76.